The fourth-order valence-electron chi connectivity index (χ4n) is 10.7. The highest BCUT2D eigenvalue weighted by atomic mass is 16.3. The van der Waals surface area contributed by atoms with E-state index in [0.717, 1.165) is 68.2 Å². The molecule has 0 bridgehead atoms. The number of nitrogens with zero attached hydrogens (tertiary/aromatic N) is 1. The zero-order valence-electron chi connectivity index (χ0n) is 19.9. The second-order valence-corrected chi connectivity index (χ2v) is 13.6. The van der Waals surface area contributed by atoms with Crippen molar-refractivity contribution < 1.29 is 15.3 Å². The summed E-state index contributed by atoms with van der Waals surface area (Å²) in [6, 6.07) is 0.355. The van der Waals surface area contributed by atoms with E-state index >= 15 is 0 Å². The Bertz CT molecular complexity index is 711. The molecule has 0 radical (unpaired) electrons. The van der Waals surface area contributed by atoms with E-state index in [1.165, 1.54) is 32.2 Å². The lowest BCUT2D eigenvalue weighted by atomic mass is 9.51. The second kappa shape index (κ2) is 7.17. The van der Waals surface area contributed by atoms with Gasteiger partial charge in [-0.25, -0.2) is 0 Å². The first-order valence-corrected chi connectivity index (χ1v) is 13.5. The van der Waals surface area contributed by atoms with Gasteiger partial charge in [0.1, 0.15) is 0 Å². The molecule has 4 aliphatic carbocycles. The van der Waals surface area contributed by atoms with Gasteiger partial charge in [0.25, 0.3) is 0 Å². The van der Waals surface area contributed by atoms with Crippen LogP contribution in [0.25, 0.3) is 0 Å². The highest BCUT2D eigenvalue weighted by molar-refractivity contribution is 5.12. The summed E-state index contributed by atoms with van der Waals surface area (Å²) in [5.74, 6) is 5.48. The summed E-state index contributed by atoms with van der Waals surface area (Å²) in [4.78, 5) is 2.68. The monoisotopic (exact) mass is 431 g/mol. The van der Waals surface area contributed by atoms with Gasteiger partial charge in [-0.1, -0.05) is 13.8 Å². The average molecular weight is 432 g/mol. The molecule has 2 saturated heterocycles. The highest BCUT2D eigenvalue weighted by Crippen LogP contribution is 2.66. The summed E-state index contributed by atoms with van der Waals surface area (Å²) in [7, 11) is 0. The van der Waals surface area contributed by atoms with Gasteiger partial charge in [0.2, 0.25) is 0 Å². The summed E-state index contributed by atoms with van der Waals surface area (Å²) in [6.07, 6.45) is 9.56. The first-order valence-electron chi connectivity index (χ1n) is 13.5. The lowest BCUT2D eigenvalue weighted by Crippen LogP contribution is -2.63. The highest BCUT2D eigenvalue weighted by Gasteiger charge is 2.62. The Morgan fingerprint density at radius 2 is 1.61 bits per heavy atom. The molecule has 4 saturated carbocycles. The third-order valence-corrected chi connectivity index (χ3v) is 11.8. The van der Waals surface area contributed by atoms with Crippen LogP contribution in [-0.4, -0.2) is 57.2 Å². The normalized spacial score (nSPS) is 61.5. The molecule has 2 aliphatic heterocycles. The topological polar surface area (TPSA) is 63.9 Å². The van der Waals surface area contributed by atoms with Gasteiger partial charge in [-0.05, 0) is 117 Å². The average Bonchev–Trinajstić information content (AvgIpc) is 3.08. The molecular weight excluding hydrogens is 386 g/mol. The smallest absolute Gasteiger partial charge is 0.0777 e. The maximum Gasteiger partial charge on any atom is 0.0777 e. The summed E-state index contributed by atoms with van der Waals surface area (Å²) in [5, 5.41) is 32.7. The number of aliphatic hydroxyl groups is 3. The fourth-order valence-corrected chi connectivity index (χ4v) is 10.7. The minimum atomic E-state index is -0.531. The molecular formula is C27H45NO3. The van der Waals surface area contributed by atoms with Gasteiger partial charge in [-0.3, -0.25) is 4.90 Å². The predicted octanol–water partition coefficient (Wildman–Crippen LogP) is 3.68. The minimum Gasteiger partial charge on any atom is -0.393 e. The first kappa shape index (κ1) is 21.4. The molecule has 6 aliphatic rings. The third kappa shape index (κ3) is 3.14. The Labute approximate surface area is 188 Å². The van der Waals surface area contributed by atoms with Crippen LogP contribution in [-0.2, 0) is 0 Å². The van der Waals surface area contributed by atoms with Crippen molar-refractivity contribution in [3.8, 4) is 0 Å². The molecule has 13 atom stereocenters. The van der Waals surface area contributed by atoms with Crippen molar-refractivity contribution in [2.75, 3.05) is 13.1 Å². The zero-order chi connectivity index (χ0) is 21.7. The second-order valence-electron chi connectivity index (χ2n) is 13.6. The van der Waals surface area contributed by atoms with Crippen LogP contribution in [0.5, 0.6) is 0 Å². The van der Waals surface area contributed by atoms with Gasteiger partial charge in [-0.2, -0.15) is 0 Å². The molecule has 0 unspecified atom stereocenters. The molecule has 3 N–H and O–H groups in total. The number of piperidine rings is 2. The van der Waals surface area contributed by atoms with Crippen LogP contribution < -0.4 is 0 Å². The SMILES string of the molecule is C[C@@H]1CN2C[C@@H]3[C@H](CC[C@@H]4[C@H]3C[C@H]3[C@H]4C[C@H](O)[C@H]4C[C@@H](O)CC[C@@]43C)C[C@@H]2[C@](C)(O)C1. The van der Waals surface area contributed by atoms with Crippen molar-refractivity contribution in [1.29, 1.82) is 0 Å². The van der Waals surface area contributed by atoms with Crippen LogP contribution in [0.15, 0.2) is 0 Å². The van der Waals surface area contributed by atoms with Gasteiger partial charge < -0.3 is 15.3 Å². The first-order chi connectivity index (χ1) is 14.7. The number of fused-ring (bicyclic) bond motifs is 8. The van der Waals surface area contributed by atoms with Gasteiger partial charge in [0.15, 0.2) is 0 Å². The largest absolute Gasteiger partial charge is 0.393 e. The summed E-state index contributed by atoms with van der Waals surface area (Å²) in [5.41, 5.74) is -0.314. The zero-order valence-corrected chi connectivity index (χ0v) is 19.9. The lowest BCUT2D eigenvalue weighted by molar-refractivity contribution is -0.136. The Morgan fingerprint density at radius 3 is 2.42 bits per heavy atom. The van der Waals surface area contributed by atoms with Crippen molar-refractivity contribution in [2.45, 2.75) is 102 Å². The van der Waals surface area contributed by atoms with E-state index in [1.54, 1.807) is 0 Å². The van der Waals surface area contributed by atoms with Crippen molar-refractivity contribution in [3.05, 3.63) is 0 Å². The van der Waals surface area contributed by atoms with Crippen LogP contribution in [0, 0.1) is 52.8 Å². The molecule has 4 nitrogen and oxygen atoms in total. The van der Waals surface area contributed by atoms with Crippen molar-refractivity contribution in [2.24, 2.45) is 52.8 Å². The van der Waals surface area contributed by atoms with Crippen LogP contribution in [0.2, 0.25) is 0 Å². The van der Waals surface area contributed by atoms with E-state index in [0.29, 0.717) is 23.8 Å². The fraction of sp³-hybridized carbons (Fsp3) is 1.00. The molecule has 31 heavy (non-hydrogen) atoms. The number of aliphatic hydroxyl groups excluding tert-OH is 2. The van der Waals surface area contributed by atoms with Crippen molar-refractivity contribution in [1.82, 2.24) is 4.90 Å². The van der Waals surface area contributed by atoms with E-state index in [1.807, 2.05) is 0 Å². The lowest BCUT2D eigenvalue weighted by Gasteiger charge is -2.57. The molecule has 2 heterocycles. The maximum absolute atomic E-state index is 11.2. The maximum atomic E-state index is 11.2. The van der Waals surface area contributed by atoms with Crippen LogP contribution in [0.1, 0.15) is 78.6 Å². The summed E-state index contributed by atoms with van der Waals surface area (Å²) < 4.78 is 0. The van der Waals surface area contributed by atoms with Crippen molar-refractivity contribution >= 4 is 0 Å². The van der Waals surface area contributed by atoms with E-state index in [4.69, 9.17) is 0 Å². The van der Waals surface area contributed by atoms with Gasteiger partial charge in [0, 0.05) is 19.1 Å². The standard InChI is InChI=1S/C27H45NO3/c1-15-12-27(3,31)25-8-16-4-5-18-19(21(16)14-28(25)13-15)10-22-20(18)11-24(30)23-9-17(29)6-7-26(22,23)2/h15-25,29-31H,4-14H2,1-3H3/t15-,16+,17-,18+,19+,20-,21+,22-,23+,24-,25+,26+,27+/m0/s1. The quantitative estimate of drug-likeness (QED) is 0.547. The van der Waals surface area contributed by atoms with Crippen LogP contribution in [0.3, 0.4) is 0 Å². The van der Waals surface area contributed by atoms with Crippen molar-refractivity contribution in [3.63, 3.8) is 0 Å². The summed E-state index contributed by atoms with van der Waals surface area (Å²) >= 11 is 0. The van der Waals surface area contributed by atoms with Gasteiger partial charge >= 0.3 is 0 Å². The van der Waals surface area contributed by atoms with E-state index in [-0.39, 0.29) is 17.6 Å². The summed E-state index contributed by atoms with van der Waals surface area (Å²) in [6.45, 7) is 9.22. The van der Waals surface area contributed by atoms with E-state index in [2.05, 4.69) is 25.7 Å². The molecule has 4 heteroatoms. The molecule has 0 aromatic carbocycles. The molecule has 6 rings (SSSR count). The minimum absolute atomic E-state index is 0.207. The van der Waals surface area contributed by atoms with Crippen LogP contribution in [0.4, 0.5) is 0 Å². The molecule has 0 spiro atoms. The third-order valence-electron chi connectivity index (χ3n) is 11.8. The molecule has 0 aromatic heterocycles. The Kier molecular flexibility index (Phi) is 4.94. The van der Waals surface area contributed by atoms with Gasteiger partial charge in [-0.15, -0.1) is 0 Å². The molecule has 0 aromatic rings. The Morgan fingerprint density at radius 1 is 0.806 bits per heavy atom. The molecule has 0 amide bonds. The van der Waals surface area contributed by atoms with Crippen LogP contribution >= 0.6 is 0 Å². The molecule has 176 valence electrons. The van der Waals surface area contributed by atoms with E-state index in [9.17, 15) is 15.3 Å². The predicted molar refractivity (Wildman–Crippen MR) is 121 cm³/mol. The van der Waals surface area contributed by atoms with Gasteiger partial charge in [0.05, 0.1) is 17.8 Å². The number of hydrogen-bond donors (Lipinski definition) is 3. The molecule has 6 fully saturated rings. The Balaban J connectivity index is 1.26. The number of hydrogen-bond acceptors (Lipinski definition) is 4. The number of rotatable bonds is 0. The van der Waals surface area contributed by atoms with E-state index < -0.39 is 5.60 Å². The Hall–Kier alpha value is -0.160.